The highest BCUT2D eigenvalue weighted by molar-refractivity contribution is 5.92. The molecule has 7 heteroatoms. The minimum atomic E-state index is -0.994. The molecular weight excluding hydrogens is 336 g/mol. The second-order valence-electron chi connectivity index (χ2n) is 7.17. The molecule has 142 valence electrons. The highest BCUT2D eigenvalue weighted by atomic mass is 16.5. The lowest BCUT2D eigenvalue weighted by Crippen LogP contribution is -2.50. The third-order valence-electron chi connectivity index (χ3n) is 5.68. The van der Waals surface area contributed by atoms with Crippen molar-refractivity contribution in [3.63, 3.8) is 0 Å². The Morgan fingerprint density at radius 3 is 2.42 bits per heavy atom. The topological polar surface area (TPSA) is 102 Å². The molecule has 1 aromatic rings. The molecule has 1 aliphatic carbocycles. The second-order valence-corrected chi connectivity index (χ2v) is 7.17. The van der Waals surface area contributed by atoms with Crippen LogP contribution < -0.4 is 15.2 Å². The third kappa shape index (κ3) is 3.00. The van der Waals surface area contributed by atoms with E-state index in [2.05, 4.69) is 0 Å². The van der Waals surface area contributed by atoms with E-state index in [-0.39, 0.29) is 18.5 Å². The number of nitrogens with two attached hydrogens (primary N) is 1. The zero-order valence-corrected chi connectivity index (χ0v) is 15.2. The monoisotopic (exact) mass is 362 g/mol. The van der Waals surface area contributed by atoms with Crippen LogP contribution in [0.25, 0.3) is 0 Å². The van der Waals surface area contributed by atoms with Crippen LogP contribution in [0.3, 0.4) is 0 Å². The maximum atomic E-state index is 13.5. The number of carbonyl (C=O) groups excluding carboxylic acids is 1. The molecule has 0 radical (unpaired) electrons. The number of likely N-dealkylation sites (tertiary alicyclic amines) is 1. The van der Waals surface area contributed by atoms with Crippen molar-refractivity contribution in [1.29, 1.82) is 0 Å². The minimum absolute atomic E-state index is 0.137. The quantitative estimate of drug-likeness (QED) is 0.824. The number of ether oxygens (including phenoxy) is 2. The molecule has 1 amide bonds. The molecule has 0 unspecified atom stereocenters. The first-order valence-corrected chi connectivity index (χ1v) is 8.95. The molecule has 1 aliphatic heterocycles. The van der Waals surface area contributed by atoms with Crippen LogP contribution in [-0.4, -0.2) is 54.7 Å². The van der Waals surface area contributed by atoms with Crippen molar-refractivity contribution >= 4 is 11.9 Å². The fourth-order valence-corrected chi connectivity index (χ4v) is 4.34. The van der Waals surface area contributed by atoms with Crippen molar-refractivity contribution in [2.24, 2.45) is 5.73 Å². The number of hydrogen-bond acceptors (Lipinski definition) is 5. The fourth-order valence-electron chi connectivity index (χ4n) is 4.34. The largest absolute Gasteiger partial charge is 0.493 e. The van der Waals surface area contributed by atoms with Crippen LogP contribution in [0.5, 0.6) is 11.5 Å². The lowest BCUT2D eigenvalue weighted by Gasteiger charge is -2.35. The Morgan fingerprint density at radius 1 is 1.19 bits per heavy atom. The molecule has 0 spiro atoms. The number of aliphatic carboxylic acids is 1. The van der Waals surface area contributed by atoms with Gasteiger partial charge in [0.15, 0.2) is 11.5 Å². The molecule has 2 aliphatic rings. The summed E-state index contributed by atoms with van der Waals surface area (Å²) < 4.78 is 10.7. The Kier molecular flexibility index (Phi) is 5.09. The number of carbonyl (C=O) groups is 2. The van der Waals surface area contributed by atoms with Gasteiger partial charge in [-0.1, -0.05) is 18.9 Å². The van der Waals surface area contributed by atoms with Crippen molar-refractivity contribution < 1.29 is 24.2 Å². The highest BCUT2D eigenvalue weighted by Gasteiger charge is 2.50. The number of methoxy groups -OCH3 is 2. The Balaban J connectivity index is 2.00. The molecule has 3 rings (SSSR count). The van der Waals surface area contributed by atoms with Gasteiger partial charge in [-0.15, -0.1) is 0 Å². The lowest BCUT2D eigenvalue weighted by atomic mass is 9.77. The summed E-state index contributed by atoms with van der Waals surface area (Å²) in [4.78, 5) is 26.6. The van der Waals surface area contributed by atoms with Gasteiger partial charge in [-0.05, 0) is 37.0 Å². The number of amides is 1. The molecule has 0 bridgehead atoms. The van der Waals surface area contributed by atoms with E-state index in [1.165, 1.54) is 4.90 Å². The molecule has 7 nitrogen and oxygen atoms in total. The Morgan fingerprint density at radius 2 is 1.85 bits per heavy atom. The minimum Gasteiger partial charge on any atom is -0.493 e. The maximum absolute atomic E-state index is 13.5. The SMILES string of the molecule is COc1ccc(C2(C(=O)N3C[C@@H](N)C[C@H]3C(=O)O)CCCC2)cc1OC. The Hall–Kier alpha value is -2.28. The molecule has 2 atom stereocenters. The van der Waals surface area contributed by atoms with Gasteiger partial charge in [-0.2, -0.15) is 0 Å². The van der Waals surface area contributed by atoms with Crippen molar-refractivity contribution in [2.45, 2.75) is 49.6 Å². The van der Waals surface area contributed by atoms with Crippen molar-refractivity contribution in [3.8, 4) is 11.5 Å². The molecule has 0 aromatic heterocycles. The van der Waals surface area contributed by atoms with E-state index in [0.717, 1.165) is 18.4 Å². The summed E-state index contributed by atoms with van der Waals surface area (Å²) >= 11 is 0. The number of carboxylic acids is 1. The molecule has 1 saturated carbocycles. The average Bonchev–Trinajstić information content (AvgIpc) is 3.28. The summed E-state index contributed by atoms with van der Waals surface area (Å²) in [6.07, 6.45) is 3.54. The summed E-state index contributed by atoms with van der Waals surface area (Å²) in [5.41, 5.74) is 6.09. The van der Waals surface area contributed by atoms with E-state index in [0.29, 0.717) is 30.8 Å². The van der Waals surface area contributed by atoms with Gasteiger partial charge in [0.2, 0.25) is 5.91 Å². The van der Waals surface area contributed by atoms with Crippen LogP contribution >= 0.6 is 0 Å². The molecule has 2 fully saturated rings. The van der Waals surface area contributed by atoms with E-state index in [4.69, 9.17) is 15.2 Å². The molecular formula is C19H26N2O5. The molecule has 1 aromatic carbocycles. The van der Waals surface area contributed by atoms with E-state index in [1.54, 1.807) is 20.3 Å². The molecule has 26 heavy (non-hydrogen) atoms. The molecule has 1 saturated heterocycles. The first-order chi connectivity index (χ1) is 12.4. The van der Waals surface area contributed by atoms with Crippen LogP contribution in [0, 0.1) is 0 Å². The van der Waals surface area contributed by atoms with Crippen LogP contribution in [0.15, 0.2) is 18.2 Å². The maximum Gasteiger partial charge on any atom is 0.326 e. The van der Waals surface area contributed by atoms with E-state index in [1.807, 2.05) is 12.1 Å². The zero-order valence-electron chi connectivity index (χ0n) is 15.2. The molecule has 1 heterocycles. The first kappa shape index (κ1) is 18.5. The third-order valence-corrected chi connectivity index (χ3v) is 5.68. The zero-order chi connectivity index (χ0) is 18.9. The summed E-state index contributed by atoms with van der Waals surface area (Å²) in [5.74, 6) is 0.0368. The first-order valence-electron chi connectivity index (χ1n) is 8.95. The van der Waals surface area contributed by atoms with Gasteiger partial charge in [0, 0.05) is 12.6 Å². The smallest absolute Gasteiger partial charge is 0.326 e. The highest BCUT2D eigenvalue weighted by Crippen LogP contribution is 2.45. The van der Waals surface area contributed by atoms with Gasteiger partial charge in [0.1, 0.15) is 6.04 Å². The summed E-state index contributed by atoms with van der Waals surface area (Å²) in [6, 6.07) is 4.37. The number of nitrogens with zero attached hydrogens (tertiary/aromatic N) is 1. The van der Waals surface area contributed by atoms with Gasteiger partial charge in [-0.25, -0.2) is 4.79 Å². The lowest BCUT2D eigenvalue weighted by molar-refractivity contribution is -0.150. The van der Waals surface area contributed by atoms with Crippen LogP contribution in [0.4, 0.5) is 0 Å². The van der Waals surface area contributed by atoms with Crippen LogP contribution in [0.2, 0.25) is 0 Å². The standard InChI is InChI=1S/C19H26N2O5/c1-25-15-6-5-12(9-16(15)26-2)19(7-3-4-8-19)18(24)21-11-13(20)10-14(21)17(22)23/h5-6,9,13-14H,3-4,7-8,10-11,20H2,1-2H3,(H,22,23)/t13-,14-/m0/s1. The van der Waals surface area contributed by atoms with Gasteiger partial charge in [0.25, 0.3) is 0 Å². The van der Waals surface area contributed by atoms with Crippen LogP contribution in [0.1, 0.15) is 37.7 Å². The second kappa shape index (κ2) is 7.15. The fraction of sp³-hybridized carbons (Fsp3) is 0.579. The van der Waals surface area contributed by atoms with Gasteiger partial charge < -0.3 is 25.2 Å². The normalized spacial score (nSPS) is 24.5. The van der Waals surface area contributed by atoms with E-state index in [9.17, 15) is 14.7 Å². The van der Waals surface area contributed by atoms with E-state index < -0.39 is 17.4 Å². The predicted molar refractivity (Wildman–Crippen MR) is 95.4 cm³/mol. The predicted octanol–water partition coefficient (Wildman–Crippen LogP) is 1.53. The molecule has 3 N–H and O–H groups in total. The summed E-state index contributed by atoms with van der Waals surface area (Å²) in [5, 5.41) is 9.51. The summed E-state index contributed by atoms with van der Waals surface area (Å²) in [7, 11) is 3.13. The number of carboxylic acid groups (broad SMARTS) is 1. The number of rotatable bonds is 5. The Bertz CT molecular complexity index is 699. The van der Waals surface area contributed by atoms with Gasteiger partial charge >= 0.3 is 5.97 Å². The average molecular weight is 362 g/mol. The number of hydrogen-bond donors (Lipinski definition) is 2. The van der Waals surface area contributed by atoms with Crippen molar-refractivity contribution in [2.75, 3.05) is 20.8 Å². The van der Waals surface area contributed by atoms with Gasteiger partial charge in [0.05, 0.1) is 19.6 Å². The van der Waals surface area contributed by atoms with Crippen molar-refractivity contribution in [3.05, 3.63) is 23.8 Å². The van der Waals surface area contributed by atoms with Crippen molar-refractivity contribution in [1.82, 2.24) is 4.90 Å². The Labute approximate surface area is 153 Å². The number of benzene rings is 1. The van der Waals surface area contributed by atoms with Crippen LogP contribution in [-0.2, 0) is 15.0 Å². The van der Waals surface area contributed by atoms with E-state index >= 15 is 0 Å². The summed E-state index contributed by atoms with van der Waals surface area (Å²) in [6.45, 7) is 0.283. The van der Waals surface area contributed by atoms with Gasteiger partial charge in [-0.3, -0.25) is 4.79 Å².